The van der Waals surface area contributed by atoms with Gasteiger partial charge in [-0.3, -0.25) is 0 Å². The maximum absolute atomic E-state index is 11.9. The largest absolute Gasteiger partial charge is 0.411 e. The Balaban J connectivity index is 1.68. The molecule has 0 aromatic carbocycles. The molecule has 0 aliphatic heterocycles. The zero-order valence-electron chi connectivity index (χ0n) is 12.0. The fourth-order valence-corrected chi connectivity index (χ4v) is 3.67. The number of rotatable bonds is 7. The van der Waals surface area contributed by atoms with Crippen LogP contribution in [-0.4, -0.2) is 44.7 Å². The molecule has 2 unspecified atom stereocenters. The maximum atomic E-state index is 11.9. The van der Waals surface area contributed by atoms with E-state index < -0.39 is 12.8 Å². The van der Waals surface area contributed by atoms with E-state index in [4.69, 9.17) is 4.74 Å². The van der Waals surface area contributed by atoms with Crippen LogP contribution in [0.1, 0.15) is 39.0 Å². The van der Waals surface area contributed by atoms with Crippen LogP contribution < -0.4 is 5.32 Å². The summed E-state index contributed by atoms with van der Waals surface area (Å²) in [4.78, 5) is 0. The Kier molecular flexibility index (Phi) is 5.31. The normalized spacial score (nSPS) is 28.8. The van der Waals surface area contributed by atoms with Gasteiger partial charge in [0.1, 0.15) is 6.61 Å². The average Bonchev–Trinajstić information content (AvgIpc) is 2.87. The monoisotopic (exact) mass is 295 g/mol. The van der Waals surface area contributed by atoms with Crippen LogP contribution in [0.25, 0.3) is 0 Å². The molecule has 0 amide bonds. The van der Waals surface area contributed by atoms with Crippen molar-refractivity contribution in [3.8, 4) is 0 Å². The molecule has 0 aromatic rings. The minimum atomic E-state index is -4.23. The Morgan fingerprint density at radius 3 is 2.55 bits per heavy atom. The van der Waals surface area contributed by atoms with Gasteiger partial charge in [0.2, 0.25) is 0 Å². The highest BCUT2D eigenvalue weighted by Crippen LogP contribution is 2.54. The second-order valence-corrected chi connectivity index (χ2v) is 5.79. The van der Waals surface area contributed by atoms with Crippen molar-refractivity contribution in [3.05, 3.63) is 0 Å². The lowest BCUT2D eigenvalue weighted by Crippen LogP contribution is -2.63. The van der Waals surface area contributed by atoms with E-state index in [0.717, 1.165) is 13.0 Å². The van der Waals surface area contributed by atoms with E-state index in [0.29, 0.717) is 18.7 Å². The lowest BCUT2D eigenvalue weighted by atomic mass is 9.60. The second-order valence-electron chi connectivity index (χ2n) is 5.79. The van der Waals surface area contributed by atoms with Crippen LogP contribution in [0, 0.1) is 5.41 Å². The summed E-state index contributed by atoms with van der Waals surface area (Å²) in [5, 5.41) is 3.35. The molecule has 2 aliphatic rings. The van der Waals surface area contributed by atoms with Crippen molar-refractivity contribution in [2.24, 2.45) is 5.41 Å². The molecular weight excluding hydrogens is 271 g/mol. The molecule has 0 aromatic heterocycles. The first-order valence-corrected chi connectivity index (χ1v) is 7.47. The van der Waals surface area contributed by atoms with Gasteiger partial charge < -0.3 is 14.8 Å². The third-order valence-electron chi connectivity index (χ3n) is 4.59. The fraction of sp³-hybridized carbons (Fsp3) is 1.00. The topological polar surface area (TPSA) is 30.5 Å². The highest BCUT2D eigenvalue weighted by molar-refractivity contribution is 5.09. The first-order chi connectivity index (χ1) is 9.48. The summed E-state index contributed by atoms with van der Waals surface area (Å²) in [5.41, 5.74) is 0.222. The van der Waals surface area contributed by atoms with Crippen molar-refractivity contribution in [1.82, 2.24) is 5.32 Å². The molecule has 0 bridgehead atoms. The predicted octanol–water partition coefficient (Wildman–Crippen LogP) is 2.89. The predicted molar refractivity (Wildman–Crippen MR) is 69.6 cm³/mol. The molecule has 3 nitrogen and oxygen atoms in total. The summed E-state index contributed by atoms with van der Waals surface area (Å²) in [6.45, 7) is 2.15. The number of hydrogen-bond donors (Lipinski definition) is 1. The molecule has 2 aliphatic carbocycles. The minimum absolute atomic E-state index is 0.103. The Bertz CT molecular complexity index is 303. The van der Waals surface area contributed by atoms with Gasteiger partial charge in [-0.05, 0) is 26.2 Å². The molecule has 2 rings (SSSR count). The SMILES string of the molecule is CCOC1CC(NCCOCC(F)(F)F)C12CCCC2. The molecule has 2 fully saturated rings. The van der Waals surface area contributed by atoms with E-state index in [1.165, 1.54) is 25.7 Å². The van der Waals surface area contributed by atoms with E-state index in [1.807, 2.05) is 6.92 Å². The number of nitrogens with one attached hydrogen (secondary N) is 1. The molecule has 1 N–H and O–H groups in total. The Morgan fingerprint density at radius 2 is 1.95 bits per heavy atom. The third kappa shape index (κ3) is 3.65. The van der Waals surface area contributed by atoms with E-state index in [-0.39, 0.29) is 12.0 Å². The Hall–Kier alpha value is -0.330. The van der Waals surface area contributed by atoms with Gasteiger partial charge in [0.25, 0.3) is 0 Å². The summed E-state index contributed by atoms with van der Waals surface area (Å²) in [7, 11) is 0. The van der Waals surface area contributed by atoms with Gasteiger partial charge >= 0.3 is 6.18 Å². The highest BCUT2D eigenvalue weighted by atomic mass is 19.4. The lowest BCUT2D eigenvalue weighted by Gasteiger charge is -2.54. The quantitative estimate of drug-likeness (QED) is 0.733. The summed E-state index contributed by atoms with van der Waals surface area (Å²) in [5.74, 6) is 0. The second kappa shape index (κ2) is 6.62. The Morgan fingerprint density at radius 1 is 1.25 bits per heavy atom. The van der Waals surface area contributed by atoms with Crippen molar-refractivity contribution in [3.63, 3.8) is 0 Å². The summed E-state index contributed by atoms with van der Waals surface area (Å²) in [6, 6.07) is 0.371. The first kappa shape index (κ1) is 16.0. The molecule has 0 radical (unpaired) electrons. The van der Waals surface area contributed by atoms with Crippen LogP contribution in [0.2, 0.25) is 0 Å². The molecular formula is C14H24F3NO2. The van der Waals surface area contributed by atoms with Crippen LogP contribution in [0.15, 0.2) is 0 Å². The van der Waals surface area contributed by atoms with E-state index in [9.17, 15) is 13.2 Å². The van der Waals surface area contributed by atoms with Crippen LogP contribution in [0.5, 0.6) is 0 Å². The average molecular weight is 295 g/mol. The van der Waals surface area contributed by atoms with Crippen molar-refractivity contribution in [2.45, 2.75) is 57.3 Å². The first-order valence-electron chi connectivity index (χ1n) is 7.47. The summed E-state index contributed by atoms with van der Waals surface area (Å²) < 4.78 is 46.2. The molecule has 1 spiro atoms. The minimum Gasteiger partial charge on any atom is -0.378 e. The zero-order valence-corrected chi connectivity index (χ0v) is 12.0. The van der Waals surface area contributed by atoms with Crippen molar-refractivity contribution in [2.75, 3.05) is 26.4 Å². The molecule has 2 saturated carbocycles. The Labute approximate surface area is 118 Å². The molecule has 6 heteroatoms. The van der Waals surface area contributed by atoms with Gasteiger partial charge in [-0.25, -0.2) is 0 Å². The summed E-state index contributed by atoms with van der Waals surface area (Å²) >= 11 is 0. The van der Waals surface area contributed by atoms with Gasteiger partial charge in [-0.2, -0.15) is 13.2 Å². The molecule has 0 saturated heterocycles. The van der Waals surface area contributed by atoms with Gasteiger partial charge in [0, 0.05) is 24.6 Å². The van der Waals surface area contributed by atoms with Crippen molar-refractivity contribution >= 4 is 0 Å². The van der Waals surface area contributed by atoms with Gasteiger partial charge in [0.05, 0.1) is 12.7 Å². The number of ether oxygens (including phenoxy) is 2. The molecule has 118 valence electrons. The fourth-order valence-electron chi connectivity index (χ4n) is 3.67. The van der Waals surface area contributed by atoms with Crippen LogP contribution in [-0.2, 0) is 9.47 Å². The molecule has 2 atom stereocenters. The van der Waals surface area contributed by atoms with E-state index in [2.05, 4.69) is 10.1 Å². The van der Waals surface area contributed by atoms with Crippen LogP contribution in [0.4, 0.5) is 13.2 Å². The maximum Gasteiger partial charge on any atom is 0.411 e. The van der Waals surface area contributed by atoms with Crippen molar-refractivity contribution < 1.29 is 22.6 Å². The van der Waals surface area contributed by atoms with E-state index in [1.54, 1.807) is 0 Å². The smallest absolute Gasteiger partial charge is 0.378 e. The van der Waals surface area contributed by atoms with Crippen LogP contribution in [0.3, 0.4) is 0 Å². The van der Waals surface area contributed by atoms with Crippen LogP contribution >= 0.6 is 0 Å². The lowest BCUT2D eigenvalue weighted by molar-refractivity contribution is -0.174. The highest BCUT2D eigenvalue weighted by Gasteiger charge is 2.56. The summed E-state index contributed by atoms with van der Waals surface area (Å²) in [6.07, 6.45) is 1.84. The van der Waals surface area contributed by atoms with Gasteiger partial charge in [-0.15, -0.1) is 0 Å². The number of hydrogen-bond acceptors (Lipinski definition) is 3. The van der Waals surface area contributed by atoms with E-state index >= 15 is 0 Å². The van der Waals surface area contributed by atoms with Crippen molar-refractivity contribution in [1.29, 1.82) is 0 Å². The number of alkyl halides is 3. The number of halogens is 3. The molecule has 20 heavy (non-hydrogen) atoms. The van der Waals surface area contributed by atoms with Gasteiger partial charge in [0.15, 0.2) is 0 Å². The van der Waals surface area contributed by atoms with Gasteiger partial charge in [-0.1, -0.05) is 12.8 Å². The standard InChI is InChI=1S/C14H24F3NO2/c1-2-20-12-9-11(13(12)5-3-4-6-13)18-7-8-19-10-14(15,16)17/h11-12,18H,2-10H2,1H3. The third-order valence-corrected chi connectivity index (χ3v) is 4.59. The zero-order chi connectivity index (χ0) is 14.6. The molecule has 0 heterocycles.